The zero-order chi connectivity index (χ0) is 14.5. The van der Waals surface area contributed by atoms with Crippen LogP contribution in [0.25, 0.3) is 0 Å². The first-order valence-electron chi connectivity index (χ1n) is 6.32. The smallest absolute Gasteiger partial charge is 0.407 e. The second-order valence-electron chi connectivity index (χ2n) is 5.53. The molecule has 0 saturated carbocycles. The second-order valence-corrected chi connectivity index (χ2v) is 5.53. The fourth-order valence-electron chi connectivity index (χ4n) is 1.45. The molecular weight excluding hydrogens is 246 g/mol. The van der Waals surface area contributed by atoms with E-state index < -0.39 is 11.7 Å². The van der Waals surface area contributed by atoms with E-state index in [1.165, 1.54) is 0 Å². The lowest BCUT2D eigenvalue weighted by Gasteiger charge is -2.22. The van der Waals surface area contributed by atoms with Crippen molar-refractivity contribution in [2.45, 2.75) is 45.9 Å². The summed E-state index contributed by atoms with van der Waals surface area (Å²) in [6.07, 6.45) is 1.31. The van der Waals surface area contributed by atoms with Gasteiger partial charge in [0.05, 0.1) is 11.9 Å². The Labute approximate surface area is 113 Å². The van der Waals surface area contributed by atoms with E-state index >= 15 is 0 Å². The van der Waals surface area contributed by atoms with Crippen molar-refractivity contribution in [1.82, 2.24) is 25.6 Å². The maximum Gasteiger partial charge on any atom is 0.407 e. The summed E-state index contributed by atoms with van der Waals surface area (Å²) in [6.45, 7) is 8.73. The third-order valence-electron chi connectivity index (χ3n) is 2.33. The maximum atomic E-state index is 11.5. The van der Waals surface area contributed by atoms with Crippen LogP contribution < -0.4 is 10.6 Å². The van der Waals surface area contributed by atoms with Gasteiger partial charge in [0.25, 0.3) is 0 Å². The third kappa shape index (κ3) is 6.19. The molecule has 1 aromatic rings. The van der Waals surface area contributed by atoms with Crippen LogP contribution in [0.15, 0.2) is 6.20 Å². The maximum absolute atomic E-state index is 11.5. The number of aromatic nitrogens is 3. The average molecular weight is 269 g/mol. The minimum atomic E-state index is -0.475. The van der Waals surface area contributed by atoms with Gasteiger partial charge in [-0.25, -0.2) is 4.79 Å². The summed E-state index contributed by atoms with van der Waals surface area (Å²) in [4.78, 5) is 11.5. The summed E-state index contributed by atoms with van der Waals surface area (Å²) >= 11 is 0. The van der Waals surface area contributed by atoms with Crippen LogP contribution in [-0.4, -0.2) is 39.3 Å². The number of nitrogens with one attached hydrogen (secondary N) is 2. The van der Waals surface area contributed by atoms with Crippen LogP contribution in [0.5, 0.6) is 0 Å². The second kappa shape index (κ2) is 6.51. The van der Waals surface area contributed by atoms with E-state index in [0.29, 0.717) is 13.1 Å². The SMILES string of the molecule is CC(CNCc1cnnn1C)NC(=O)OC(C)(C)C. The van der Waals surface area contributed by atoms with E-state index in [1.807, 2.05) is 34.7 Å². The summed E-state index contributed by atoms with van der Waals surface area (Å²) in [5, 5.41) is 13.6. The molecule has 1 unspecified atom stereocenters. The number of nitrogens with zero attached hydrogens (tertiary/aromatic N) is 3. The number of ether oxygens (including phenoxy) is 1. The molecule has 0 aromatic carbocycles. The lowest BCUT2D eigenvalue weighted by atomic mass is 10.2. The Kier molecular flexibility index (Phi) is 5.29. The minimum Gasteiger partial charge on any atom is -0.444 e. The Balaban J connectivity index is 2.23. The number of hydrogen-bond acceptors (Lipinski definition) is 5. The number of carbonyl (C=O) groups is 1. The molecule has 0 spiro atoms. The first-order valence-corrected chi connectivity index (χ1v) is 6.32. The van der Waals surface area contributed by atoms with Crippen LogP contribution in [0.3, 0.4) is 0 Å². The molecular formula is C12H23N5O2. The van der Waals surface area contributed by atoms with Crippen molar-refractivity contribution in [3.8, 4) is 0 Å². The first kappa shape index (κ1) is 15.4. The molecule has 108 valence electrons. The highest BCUT2D eigenvalue weighted by Crippen LogP contribution is 2.06. The highest BCUT2D eigenvalue weighted by molar-refractivity contribution is 5.68. The predicted octanol–water partition coefficient (Wildman–Crippen LogP) is 0.818. The molecule has 7 nitrogen and oxygen atoms in total. The highest BCUT2D eigenvalue weighted by atomic mass is 16.6. The quantitative estimate of drug-likeness (QED) is 0.827. The summed E-state index contributed by atoms with van der Waals surface area (Å²) in [5.74, 6) is 0. The van der Waals surface area contributed by atoms with Crippen molar-refractivity contribution >= 4 is 6.09 Å². The lowest BCUT2D eigenvalue weighted by molar-refractivity contribution is 0.0508. The van der Waals surface area contributed by atoms with Gasteiger partial charge >= 0.3 is 6.09 Å². The van der Waals surface area contributed by atoms with Gasteiger partial charge in [-0.1, -0.05) is 5.21 Å². The zero-order valence-corrected chi connectivity index (χ0v) is 12.2. The third-order valence-corrected chi connectivity index (χ3v) is 2.33. The van der Waals surface area contributed by atoms with Gasteiger partial charge in [0.2, 0.25) is 0 Å². The Morgan fingerprint density at radius 2 is 2.21 bits per heavy atom. The van der Waals surface area contributed by atoms with Gasteiger partial charge in [-0.3, -0.25) is 4.68 Å². The molecule has 1 aromatic heterocycles. The molecule has 1 heterocycles. The van der Waals surface area contributed by atoms with Gasteiger partial charge < -0.3 is 15.4 Å². The average Bonchev–Trinajstić information content (AvgIpc) is 2.61. The Morgan fingerprint density at radius 1 is 1.53 bits per heavy atom. The molecule has 0 saturated heterocycles. The van der Waals surface area contributed by atoms with Crippen molar-refractivity contribution in [2.75, 3.05) is 6.54 Å². The van der Waals surface area contributed by atoms with Gasteiger partial charge in [0.1, 0.15) is 5.60 Å². The normalized spacial score (nSPS) is 13.1. The molecule has 0 aliphatic heterocycles. The van der Waals surface area contributed by atoms with E-state index in [4.69, 9.17) is 4.74 Å². The number of aryl methyl sites for hydroxylation is 1. The first-order chi connectivity index (χ1) is 8.78. The Hall–Kier alpha value is -1.63. The molecule has 0 radical (unpaired) electrons. The van der Waals surface area contributed by atoms with Crippen molar-refractivity contribution in [2.24, 2.45) is 7.05 Å². The predicted molar refractivity (Wildman–Crippen MR) is 71.5 cm³/mol. The van der Waals surface area contributed by atoms with Gasteiger partial charge in [0.15, 0.2) is 0 Å². The van der Waals surface area contributed by atoms with Gasteiger partial charge in [-0.15, -0.1) is 5.10 Å². The molecule has 1 rings (SSSR count). The van der Waals surface area contributed by atoms with Crippen molar-refractivity contribution in [3.05, 3.63) is 11.9 Å². The van der Waals surface area contributed by atoms with Crippen LogP contribution in [-0.2, 0) is 18.3 Å². The fraction of sp³-hybridized carbons (Fsp3) is 0.750. The summed E-state index contributed by atoms with van der Waals surface area (Å²) in [6, 6.07) is -0.0176. The summed E-state index contributed by atoms with van der Waals surface area (Å²) in [7, 11) is 1.84. The molecule has 0 fully saturated rings. The molecule has 19 heavy (non-hydrogen) atoms. The Bertz CT molecular complexity index is 410. The topological polar surface area (TPSA) is 81.1 Å². The molecule has 0 aliphatic carbocycles. The van der Waals surface area contributed by atoms with E-state index in [9.17, 15) is 4.79 Å². The monoisotopic (exact) mass is 269 g/mol. The lowest BCUT2D eigenvalue weighted by Crippen LogP contribution is -2.42. The number of amides is 1. The fourth-order valence-corrected chi connectivity index (χ4v) is 1.45. The number of rotatable bonds is 5. The molecule has 0 aliphatic rings. The molecule has 7 heteroatoms. The zero-order valence-electron chi connectivity index (χ0n) is 12.2. The van der Waals surface area contributed by atoms with E-state index in [2.05, 4.69) is 20.9 Å². The number of hydrogen-bond donors (Lipinski definition) is 2. The molecule has 2 N–H and O–H groups in total. The van der Waals surface area contributed by atoms with Crippen molar-refractivity contribution < 1.29 is 9.53 Å². The van der Waals surface area contributed by atoms with Crippen LogP contribution in [0.4, 0.5) is 4.79 Å². The van der Waals surface area contributed by atoms with Crippen molar-refractivity contribution in [3.63, 3.8) is 0 Å². The molecule has 1 atom stereocenters. The number of carbonyl (C=O) groups excluding carboxylic acids is 1. The Morgan fingerprint density at radius 3 is 2.74 bits per heavy atom. The van der Waals surface area contributed by atoms with E-state index in [1.54, 1.807) is 10.9 Å². The minimum absolute atomic E-state index is 0.0176. The van der Waals surface area contributed by atoms with E-state index in [-0.39, 0.29) is 6.04 Å². The standard InChI is InChI=1S/C12H23N5O2/c1-9(15-11(18)19-12(2,3)4)6-13-7-10-8-14-16-17(10)5/h8-9,13H,6-7H2,1-5H3,(H,15,18). The van der Waals surface area contributed by atoms with Gasteiger partial charge in [-0.2, -0.15) is 0 Å². The van der Waals surface area contributed by atoms with Crippen molar-refractivity contribution in [1.29, 1.82) is 0 Å². The highest BCUT2D eigenvalue weighted by Gasteiger charge is 2.17. The van der Waals surface area contributed by atoms with Crippen LogP contribution in [0, 0.1) is 0 Å². The van der Waals surface area contributed by atoms with Gasteiger partial charge in [-0.05, 0) is 27.7 Å². The summed E-state index contributed by atoms with van der Waals surface area (Å²) < 4.78 is 6.89. The molecule has 1 amide bonds. The van der Waals surface area contributed by atoms with E-state index in [0.717, 1.165) is 5.69 Å². The van der Waals surface area contributed by atoms with Gasteiger partial charge in [0, 0.05) is 26.2 Å². The summed E-state index contributed by atoms with van der Waals surface area (Å²) in [5.41, 5.74) is 0.516. The molecule has 0 bridgehead atoms. The van der Waals surface area contributed by atoms with Crippen LogP contribution in [0.2, 0.25) is 0 Å². The van der Waals surface area contributed by atoms with Crippen LogP contribution >= 0.6 is 0 Å². The number of alkyl carbamates (subject to hydrolysis) is 1. The van der Waals surface area contributed by atoms with Crippen LogP contribution in [0.1, 0.15) is 33.4 Å². The largest absolute Gasteiger partial charge is 0.444 e.